The lowest BCUT2D eigenvalue weighted by Gasteiger charge is -2.12. The van der Waals surface area contributed by atoms with Gasteiger partial charge in [0.2, 0.25) is 0 Å². The third-order valence-corrected chi connectivity index (χ3v) is 4.35. The molecule has 0 unspecified atom stereocenters. The Labute approximate surface area is 130 Å². The molecule has 20 heavy (non-hydrogen) atoms. The van der Waals surface area contributed by atoms with Gasteiger partial charge in [0.05, 0.1) is 16.5 Å². The molecular weight excluding hydrogens is 319 g/mol. The molecule has 1 heterocycles. The number of carbonyl (C=O) groups is 1. The summed E-state index contributed by atoms with van der Waals surface area (Å²) in [5.74, 6) is -0.955. The maximum absolute atomic E-state index is 10.7. The van der Waals surface area contributed by atoms with Crippen LogP contribution in [-0.4, -0.2) is 26.4 Å². The molecule has 0 fully saturated rings. The Hall–Kier alpha value is -1.17. The van der Waals surface area contributed by atoms with Gasteiger partial charge < -0.3 is 5.11 Å². The molecule has 0 aliphatic carbocycles. The number of carboxylic acid groups (broad SMARTS) is 1. The Morgan fingerprint density at radius 3 is 2.70 bits per heavy atom. The average molecular weight is 331 g/mol. The topological polar surface area (TPSA) is 55.1 Å². The number of carboxylic acids is 1. The van der Waals surface area contributed by atoms with Crippen LogP contribution in [0.5, 0.6) is 0 Å². The maximum atomic E-state index is 10.7. The molecular formula is C13H12Cl2N2O2S. The normalized spacial score (nSPS) is 10.8. The Bertz CT molecular complexity index is 671. The number of halogens is 2. The van der Waals surface area contributed by atoms with Crippen LogP contribution in [0.15, 0.2) is 23.5 Å². The molecule has 2 rings (SSSR count). The lowest BCUT2D eigenvalue weighted by Crippen LogP contribution is -2.03. The van der Waals surface area contributed by atoms with E-state index in [9.17, 15) is 4.79 Å². The molecule has 0 aliphatic rings. The zero-order chi connectivity index (χ0) is 14.9. The number of rotatable bonds is 4. The summed E-state index contributed by atoms with van der Waals surface area (Å²) in [6.45, 7) is 3.75. The molecule has 0 aliphatic heterocycles. The van der Waals surface area contributed by atoms with Crippen molar-refractivity contribution >= 4 is 40.9 Å². The van der Waals surface area contributed by atoms with Crippen LogP contribution in [0, 0.1) is 13.8 Å². The highest BCUT2D eigenvalue weighted by molar-refractivity contribution is 7.99. The number of hydrogen-bond acceptors (Lipinski definition) is 3. The van der Waals surface area contributed by atoms with E-state index in [1.807, 2.05) is 13.8 Å². The second-order valence-corrected chi connectivity index (χ2v) is 6.01. The number of aryl methyl sites for hydroxylation is 2. The van der Waals surface area contributed by atoms with Crippen molar-refractivity contribution in [1.29, 1.82) is 0 Å². The van der Waals surface area contributed by atoms with Gasteiger partial charge in [-0.15, -0.1) is 0 Å². The van der Waals surface area contributed by atoms with E-state index in [1.165, 1.54) is 0 Å². The van der Waals surface area contributed by atoms with Gasteiger partial charge in [-0.3, -0.25) is 9.36 Å². The standard InChI is InChI=1S/C13H12Cl2N2O2S/c1-7-3-10(15)11(4-9(7)14)17-8(2)5-16-13(17)20-6-12(18)19/h3-5H,6H2,1-2H3,(H,18,19). The first-order valence-electron chi connectivity index (χ1n) is 5.75. The molecule has 0 bridgehead atoms. The SMILES string of the molecule is Cc1cc(Cl)c(-n2c(C)cnc2SCC(=O)O)cc1Cl. The van der Waals surface area contributed by atoms with Crippen molar-refractivity contribution in [2.45, 2.75) is 19.0 Å². The Kier molecular flexibility index (Phi) is 4.62. The number of aliphatic carboxylic acids is 1. The number of aromatic nitrogens is 2. The Morgan fingerprint density at radius 2 is 2.05 bits per heavy atom. The first kappa shape index (κ1) is 15.2. The number of benzene rings is 1. The minimum absolute atomic E-state index is 0.0618. The molecule has 4 nitrogen and oxygen atoms in total. The van der Waals surface area contributed by atoms with E-state index < -0.39 is 5.97 Å². The summed E-state index contributed by atoms with van der Waals surface area (Å²) in [5.41, 5.74) is 2.45. The van der Waals surface area contributed by atoms with Crippen LogP contribution in [-0.2, 0) is 4.79 Å². The first-order valence-corrected chi connectivity index (χ1v) is 7.49. The number of thioether (sulfide) groups is 1. The molecule has 1 N–H and O–H groups in total. The van der Waals surface area contributed by atoms with E-state index in [2.05, 4.69) is 4.98 Å². The summed E-state index contributed by atoms with van der Waals surface area (Å²) >= 11 is 13.5. The highest BCUT2D eigenvalue weighted by Gasteiger charge is 2.15. The van der Waals surface area contributed by atoms with E-state index in [0.29, 0.717) is 20.9 Å². The third kappa shape index (κ3) is 3.11. The minimum Gasteiger partial charge on any atom is -0.481 e. The number of nitrogens with zero attached hydrogens (tertiary/aromatic N) is 2. The summed E-state index contributed by atoms with van der Waals surface area (Å²) in [6.07, 6.45) is 1.67. The summed E-state index contributed by atoms with van der Waals surface area (Å²) in [7, 11) is 0. The average Bonchev–Trinajstić information content (AvgIpc) is 2.73. The molecule has 0 saturated heterocycles. The van der Waals surface area contributed by atoms with Crippen molar-refractivity contribution < 1.29 is 9.90 Å². The van der Waals surface area contributed by atoms with Crippen molar-refractivity contribution in [3.63, 3.8) is 0 Å². The quantitative estimate of drug-likeness (QED) is 0.861. The molecule has 7 heteroatoms. The van der Waals surface area contributed by atoms with Gasteiger partial charge in [0.15, 0.2) is 5.16 Å². The van der Waals surface area contributed by atoms with Crippen molar-refractivity contribution in [2.75, 3.05) is 5.75 Å². The first-order chi connectivity index (χ1) is 9.40. The lowest BCUT2D eigenvalue weighted by atomic mass is 10.2. The fourth-order valence-electron chi connectivity index (χ4n) is 1.74. The van der Waals surface area contributed by atoms with Crippen LogP contribution >= 0.6 is 35.0 Å². The fraction of sp³-hybridized carbons (Fsp3) is 0.231. The molecule has 0 saturated carbocycles. The fourth-order valence-corrected chi connectivity index (χ4v) is 2.96. The van der Waals surface area contributed by atoms with Crippen LogP contribution in [0.2, 0.25) is 10.0 Å². The van der Waals surface area contributed by atoms with Crippen molar-refractivity contribution in [3.05, 3.63) is 39.6 Å². The summed E-state index contributed by atoms with van der Waals surface area (Å²) in [6, 6.07) is 3.54. The smallest absolute Gasteiger partial charge is 0.313 e. The van der Waals surface area contributed by atoms with Gasteiger partial charge in [-0.25, -0.2) is 4.98 Å². The zero-order valence-corrected chi connectivity index (χ0v) is 13.2. The van der Waals surface area contributed by atoms with Crippen LogP contribution in [0.4, 0.5) is 0 Å². The van der Waals surface area contributed by atoms with Gasteiger partial charge >= 0.3 is 5.97 Å². The van der Waals surface area contributed by atoms with Gasteiger partial charge in [0.1, 0.15) is 0 Å². The van der Waals surface area contributed by atoms with E-state index in [1.54, 1.807) is 22.9 Å². The van der Waals surface area contributed by atoms with Crippen LogP contribution in [0.3, 0.4) is 0 Å². The van der Waals surface area contributed by atoms with Gasteiger partial charge in [0.25, 0.3) is 0 Å². The monoisotopic (exact) mass is 330 g/mol. The van der Waals surface area contributed by atoms with Crippen LogP contribution < -0.4 is 0 Å². The predicted octanol–water partition coefficient (Wildman–Crippen LogP) is 3.97. The van der Waals surface area contributed by atoms with Gasteiger partial charge in [-0.2, -0.15) is 0 Å². The molecule has 106 valence electrons. The Morgan fingerprint density at radius 1 is 1.35 bits per heavy atom. The van der Waals surface area contributed by atoms with Crippen LogP contribution in [0.1, 0.15) is 11.3 Å². The van der Waals surface area contributed by atoms with E-state index in [0.717, 1.165) is 23.0 Å². The molecule has 2 aromatic rings. The zero-order valence-electron chi connectivity index (χ0n) is 10.9. The number of imidazole rings is 1. The second-order valence-electron chi connectivity index (χ2n) is 4.25. The predicted molar refractivity (Wildman–Crippen MR) is 81.4 cm³/mol. The van der Waals surface area contributed by atoms with Crippen LogP contribution in [0.25, 0.3) is 5.69 Å². The molecule has 0 spiro atoms. The molecule has 1 aromatic heterocycles. The molecule has 0 amide bonds. The van der Waals surface area contributed by atoms with Gasteiger partial charge in [-0.05, 0) is 31.5 Å². The lowest BCUT2D eigenvalue weighted by molar-refractivity contribution is -0.133. The summed E-state index contributed by atoms with van der Waals surface area (Å²) < 4.78 is 1.81. The Balaban J connectivity index is 2.49. The van der Waals surface area contributed by atoms with Crippen molar-refractivity contribution in [1.82, 2.24) is 9.55 Å². The minimum atomic E-state index is -0.893. The van der Waals surface area contributed by atoms with Gasteiger partial charge in [0, 0.05) is 16.9 Å². The van der Waals surface area contributed by atoms with Gasteiger partial charge in [-0.1, -0.05) is 35.0 Å². The van der Waals surface area contributed by atoms with Crippen molar-refractivity contribution in [2.24, 2.45) is 0 Å². The summed E-state index contributed by atoms with van der Waals surface area (Å²) in [5, 5.41) is 10.5. The van der Waals surface area contributed by atoms with E-state index in [-0.39, 0.29) is 5.75 Å². The van der Waals surface area contributed by atoms with E-state index >= 15 is 0 Å². The third-order valence-electron chi connectivity index (χ3n) is 2.70. The molecule has 1 aromatic carbocycles. The highest BCUT2D eigenvalue weighted by atomic mass is 35.5. The van der Waals surface area contributed by atoms with E-state index in [4.69, 9.17) is 28.3 Å². The second kappa shape index (κ2) is 6.08. The number of hydrogen-bond donors (Lipinski definition) is 1. The highest BCUT2D eigenvalue weighted by Crippen LogP contribution is 2.31. The van der Waals surface area contributed by atoms with Crippen molar-refractivity contribution in [3.8, 4) is 5.69 Å². The molecule has 0 atom stereocenters. The summed E-state index contributed by atoms with van der Waals surface area (Å²) in [4.78, 5) is 14.9. The largest absolute Gasteiger partial charge is 0.481 e. The molecule has 0 radical (unpaired) electrons. The maximum Gasteiger partial charge on any atom is 0.313 e.